The van der Waals surface area contributed by atoms with Crippen LogP contribution in [-0.2, 0) is 6.54 Å². The van der Waals surface area contributed by atoms with Gasteiger partial charge in [0.2, 0.25) is 0 Å². The number of hydrogen-bond acceptors (Lipinski definition) is 3. The average molecular weight is 218 g/mol. The normalized spacial score (nSPS) is 24.9. The fraction of sp³-hybridized carbons (Fsp3) is 0.615. The predicted octanol–water partition coefficient (Wildman–Crippen LogP) is 2.71. The van der Waals surface area contributed by atoms with Gasteiger partial charge < -0.3 is 4.42 Å². The Morgan fingerprint density at radius 1 is 1.56 bits per heavy atom. The zero-order valence-electron chi connectivity index (χ0n) is 9.94. The molecular formula is C13H18N2O. The van der Waals surface area contributed by atoms with Crippen molar-refractivity contribution in [3.63, 3.8) is 0 Å². The second kappa shape index (κ2) is 4.71. The summed E-state index contributed by atoms with van der Waals surface area (Å²) in [7, 11) is 2.10. The first kappa shape index (κ1) is 11.2. The molecule has 86 valence electrons. The summed E-state index contributed by atoms with van der Waals surface area (Å²) in [5.74, 6) is 1.19. The van der Waals surface area contributed by atoms with Crippen molar-refractivity contribution in [3.05, 3.63) is 23.7 Å². The van der Waals surface area contributed by atoms with Crippen molar-refractivity contribution in [3.8, 4) is 6.07 Å². The van der Waals surface area contributed by atoms with Gasteiger partial charge in [0, 0.05) is 18.2 Å². The van der Waals surface area contributed by atoms with Gasteiger partial charge in [0.15, 0.2) is 0 Å². The van der Waals surface area contributed by atoms with Crippen molar-refractivity contribution in [2.45, 2.75) is 38.8 Å². The van der Waals surface area contributed by atoms with Crippen molar-refractivity contribution in [2.24, 2.45) is 5.92 Å². The SMILES string of the molecule is Cc1occc1CN(C)C1CCCC1C#N. The summed E-state index contributed by atoms with van der Waals surface area (Å²) < 4.78 is 5.29. The molecule has 2 atom stereocenters. The quantitative estimate of drug-likeness (QED) is 0.783. The van der Waals surface area contributed by atoms with E-state index in [1.807, 2.05) is 13.0 Å². The highest BCUT2D eigenvalue weighted by atomic mass is 16.3. The highest BCUT2D eigenvalue weighted by Crippen LogP contribution is 2.29. The Balaban J connectivity index is 2.01. The Bertz CT molecular complexity index is 391. The zero-order valence-corrected chi connectivity index (χ0v) is 9.94. The van der Waals surface area contributed by atoms with Crippen LogP contribution in [0.4, 0.5) is 0 Å². The minimum Gasteiger partial charge on any atom is -0.469 e. The predicted molar refractivity (Wildman–Crippen MR) is 61.7 cm³/mol. The topological polar surface area (TPSA) is 40.2 Å². The van der Waals surface area contributed by atoms with E-state index in [0.29, 0.717) is 6.04 Å². The van der Waals surface area contributed by atoms with Gasteiger partial charge in [-0.2, -0.15) is 5.26 Å². The molecule has 1 aliphatic carbocycles. The summed E-state index contributed by atoms with van der Waals surface area (Å²) in [6, 6.07) is 4.86. The highest BCUT2D eigenvalue weighted by Gasteiger charge is 2.30. The van der Waals surface area contributed by atoms with Gasteiger partial charge in [0.25, 0.3) is 0 Å². The van der Waals surface area contributed by atoms with E-state index in [1.54, 1.807) is 6.26 Å². The van der Waals surface area contributed by atoms with Crippen molar-refractivity contribution in [1.82, 2.24) is 4.90 Å². The molecule has 0 spiro atoms. The molecule has 0 aromatic carbocycles. The molecule has 1 aromatic heterocycles. The van der Waals surface area contributed by atoms with E-state index in [0.717, 1.165) is 25.1 Å². The maximum Gasteiger partial charge on any atom is 0.105 e. The Morgan fingerprint density at radius 2 is 2.38 bits per heavy atom. The van der Waals surface area contributed by atoms with Crippen molar-refractivity contribution < 1.29 is 4.42 Å². The summed E-state index contributed by atoms with van der Waals surface area (Å²) in [4.78, 5) is 2.29. The van der Waals surface area contributed by atoms with Gasteiger partial charge in [-0.25, -0.2) is 0 Å². The molecule has 2 rings (SSSR count). The Hall–Kier alpha value is -1.27. The van der Waals surface area contributed by atoms with Crippen molar-refractivity contribution in [1.29, 1.82) is 5.26 Å². The van der Waals surface area contributed by atoms with Crippen LogP contribution in [0.2, 0.25) is 0 Å². The van der Waals surface area contributed by atoms with E-state index in [9.17, 15) is 0 Å². The van der Waals surface area contributed by atoms with Crippen LogP contribution >= 0.6 is 0 Å². The van der Waals surface area contributed by atoms with E-state index in [4.69, 9.17) is 9.68 Å². The number of rotatable bonds is 3. The largest absolute Gasteiger partial charge is 0.469 e. The van der Waals surface area contributed by atoms with Crippen LogP contribution in [0.3, 0.4) is 0 Å². The maximum atomic E-state index is 9.07. The van der Waals surface area contributed by atoms with E-state index in [-0.39, 0.29) is 5.92 Å². The Morgan fingerprint density at radius 3 is 3.00 bits per heavy atom. The molecule has 0 aliphatic heterocycles. The molecule has 0 radical (unpaired) electrons. The van der Waals surface area contributed by atoms with Gasteiger partial charge in [0.05, 0.1) is 18.3 Å². The molecule has 16 heavy (non-hydrogen) atoms. The number of aryl methyl sites for hydroxylation is 1. The van der Waals surface area contributed by atoms with E-state index in [2.05, 4.69) is 18.0 Å². The lowest BCUT2D eigenvalue weighted by atomic mass is 10.0. The van der Waals surface area contributed by atoms with E-state index < -0.39 is 0 Å². The second-order valence-corrected chi connectivity index (χ2v) is 4.65. The minimum absolute atomic E-state index is 0.206. The molecule has 2 unspecified atom stereocenters. The fourth-order valence-corrected chi connectivity index (χ4v) is 2.58. The van der Waals surface area contributed by atoms with Crippen LogP contribution < -0.4 is 0 Å². The van der Waals surface area contributed by atoms with E-state index >= 15 is 0 Å². The van der Waals surface area contributed by atoms with Gasteiger partial charge in [-0.3, -0.25) is 4.90 Å². The molecular weight excluding hydrogens is 200 g/mol. The Labute approximate surface area is 96.7 Å². The van der Waals surface area contributed by atoms with Gasteiger partial charge >= 0.3 is 0 Å². The number of furan rings is 1. The monoisotopic (exact) mass is 218 g/mol. The fourth-order valence-electron chi connectivity index (χ4n) is 2.58. The molecule has 1 aliphatic rings. The molecule has 1 saturated carbocycles. The van der Waals surface area contributed by atoms with Gasteiger partial charge in [-0.1, -0.05) is 6.42 Å². The molecule has 0 saturated heterocycles. The van der Waals surface area contributed by atoms with Crippen LogP contribution in [-0.4, -0.2) is 18.0 Å². The van der Waals surface area contributed by atoms with E-state index in [1.165, 1.54) is 12.0 Å². The summed E-state index contributed by atoms with van der Waals surface area (Å²) in [6.45, 7) is 2.87. The molecule has 0 N–H and O–H groups in total. The van der Waals surface area contributed by atoms with Crippen LogP contribution in [0.1, 0.15) is 30.6 Å². The third-order valence-corrected chi connectivity index (χ3v) is 3.60. The standard InChI is InChI=1S/C13H18N2O/c1-10-12(6-7-16-10)9-15(2)13-5-3-4-11(13)8-14/h6-7,11,13H,3-5,9H2,1-2H3. The first-order valence-electron chi connectivity index (χ1n) is 5.85. The zero-order chi connectivity index (χ0) is 11.5. The summed E-state index contributed by atoms with van der Waals surface area (Å²) in [5.41, 5.74) is 1.23. The van der Waals surface area contributed by atoms with Crippen LogP contribution in [0, 0.1) is 24.2 Å². The molecule has 1 fully saturated rings. The van der Waals surface area contributed by atoms with Crippen LogP contribution in [0.25, 0.3) is 0 Å². The first-order valence-corrected chi connectivity index (χ1v) is 5.85. The Kier molecular flexibility index (Phi) is 3.31. The third-order valence-electron chi connectivity index (χ3n) is 3.60. The third kappa shape index (κ3) is 2.12. The van der Waals surface area contributed by atoms with Gasteiger partial charge in [0.1, 0.15) is 5.76 Å². The average Bonchev–Trinajstić information content (AvgIpc) is 2.87. The summed E-state index contributed by atoms with van der Waals surface area (Å²) in [6.07, 6.45) is 5.11. The number of hydrogen-bond donors (Lipinski definition) is 0. The van der Waals surface area contributed by atoms with Gasteiger partial charge in [-0.05, 0) is 32.9 Å². The molecule has 1 aromatic rings. The number of nitriles is 1. The molecule has 1 heterocycles. The van der Waals surface area contributed by atoms with Crippen LogP contribution in [0.15, 0.2) is 16.7 Å². The number of nitrogens with zero attached hydrogens (tertiary/aromatic N) is 2. The van der Waals surface area contributed by atoms with Crippen LogP contribution in [0.5, 0.6) is 0 Å². The summed E-state index contributed by atoms with van der Waals surface area (Å²) >= 11 is 0. The summed E-state index contributed by atoms with van der Waals surface area (Å²) in [5, 5.41) is 9.07. The highest BCUT2D eigenvalue weighted by molar-refractivity contribution is 5.15. The maximum absolute atomic E-state index is 9.07. The molecule has 3 heteroatoms. The van der Waals surface area contributed by atoms with Crippen molar-refractivity contribution in [2.75, 3.05) is 7.05 Å². The lowest BCUT2D eigenvalue weighted by Gasteiger charge is -2.26. The molecule has 0 bridgehead atoms. The lowest BCUT2D eigenvalue weighted by molar-refractivity contribution is 0.211. The first-order chi connectivity index (χ1) is 7.72. The second-order valence-electron chi connectivity index (χ2n) is 4.65. The van der Waals surface area contributed by atoms with Gasteiger partial charge in [-0.15, -0.1) is 0 Å². The molecule has 0 amide bonds. The smallest absolute Gasteiger partial charge is 0.105 e. The lowest BCUT2D eigenvalue weighted by Crippen LogP contribution is -2.33. The van der Waals surface area contributed by atoms with Crippen molar-refractivity contribution >= 4 is 0 Å². The minimum atomic E-state index is 0.206. The molecule has 3 nitrogen and oxygen atoms in total.